The number of ether oxygens (including phenoxy) is 3. The van der Waals surface area contributed by atoms with Crippen molar-refractivity contribution in [3.63, 3.8) is 0 Å². The predicted molar refractivity (Wildman–Crippen MR) is 171 cm³/mol. The number of carbonyl (C=O) groups is 2. The fourth-order valence-corrected chi connectivity index (χ4v) is 9.96. The van der Waals surface area contributed by atoms with Crippen molar-refractivity contribution in [3.8, 4) is 6.07 Å². The number of hydrogen-bond acceptors (Lipinski definition) is 15. The summed E-state index contributed by atoms with van der Waals surface area (Å²) in [6.07, 6.45) is 0.278. The van der Waals surface area contributed by atoms with Crippen LogP contribution in [0.15, 0.2) is 12.3 Å². The standard InChI is InChI=1S/C29H40ClN4O12PS/c1-3-7-22(35)42-15-44-47(39,45-16-43-23(36)8-4-2)17-48(40,41)14-21-25(37)26(38)29(46-21)34-12-11-19-24(32-18-9-5-6-10-18)20(13-31)27(30)33-28(19)34/h11-12,18,21,25-26,29,37-38H,3-10,14-17H2,1-2H3,(H,32,33)/t21-,25-,26-,29-/m1/s1. The first-order chi connectivity index (χ1) is 22.8. The lowest BCUT2D eigenvalue weighted by Crippen LogP contribution is -2.36. The van der Waals surface area contributed by atoms with Crippen LogP contribution in [-0.4, -0.2) is 89.3 Å². The van der Waals surface area contributed by atoms with Crippen molar-refractivity contribution in [3.05, 3.63) is 23.0 Å². The number of esters is 2. The number of carbonyl (C=O) groups excluding carboxylic acids is 2. The molecule has 16 nitrogen and oxygen atoms in total. The number of aliphatic hydroxyl groups is 2. The van der Waals surface area contributed by atoms with E-state index in [0.29, 0.717) is 23.9 Å². The molecule has 2 fully saturated rings. The smallest absolute Gasteiger partial charge is 0.351 e. The number of nitrogens with one attached hydrogen (secondary N) is 1. The highest BCUT2D eigenvalue weighted by Crippen LogP contribution is 2.50. The summed E-state index contributed by atoms with van der Waals surface area (Å²) in [5.41, 5.74) is -0.400. The number of rotatable bonds is 17. The maximum atomic E-state index is 13.5. The molecule has 0 aromatic carbocycles. The molecule has 3 heterocycles. The minimum atomic E-state index is -4.62. The highest BCUT2D eigenvalue weighted by atomic mass is 35.5. The van der Waals surface area contributed by atoms with E-state index in [2.05, 4.69) is 16.4 Å². The lowest BCUT2D eigenvalue weighted by molar-refractivity contribution is -0.152. The lowest BCUT2D eigenvalue weighted by atomic mass is 10.1. The molecule has 0 radical (unpaired) electrons. The van der Waals surface area contributed by atoms with Gasteiger partial charge in [-0.25, -0.2) is 13.4 Å². The number of aliphatic hydroxyl groups excluding tert-OH is 2. The molecule has 4 atom stereocenters. The first-order valence-electron chi connectivity index (χ1n) is 15.6. The van der Waals surface area contributed by atoms with Crippen LogP contribution in [0, 0.1) is 11.3 Å². The van der Waals surface area contributed by atoms with Crippen molar-refractivity contribution in [1.29, 1.82) is 5.26 Å². The third kappa shape index (κ3) is 9.45. The fourth-order valence-electron chi connectivity index (χ4n) is 5.52. The van der Waals surface area contributed by atoms with Crippen molar-refractivity contribution in [1.82, 2.24) is 9.55 Å². The molecule has 2 aromatic rings. The van der Waals surface area contributed by atoms with E-state index in [-0.39, 0.29) is 35.2 Å². The Labute approximate surface area is 283 Å². The van der Waals surface area contributed by atoms with Gasteiger partial charge < -0.3 is 34.3 Å². The predicted octanol–water partition coefficient (Wildman–Crippen LogP) is 3.74. The van der Waals surface area contributed by atoms with E-state index in [1.807, 2.05) is 0 Å². The lowest BCUT2D eigenvalue weighted by Gasteiger charge is -2.20. The molecule has 1 aliphatic carbocycles. The van der Waals surface area contributed by atoms with Crippen molar-refractivity contribution >= 4 is 57.7 Å². The second-order valence-corrected chi connectivity index (χ2v) is 16.5. The Morgan fingerprint density at radius 3 is 2.29 bits per heavy atom. The number of aromatic nitrogens is 2. The molecule has 1 saturated heterocycles. The van der Waals surface area contributed by atoms with Gasteiger partial charge in [0.25, 0.3) is 0 Å². The van der Waals surface area contributed by atoms with Crippen molar-refractivity contribution in [2.24, 2.45) is 0 Å². The van der Waals surface area contributed by atoms with Gasteiger partial charge in [0.1, 0.15) is 35.6 Å². The number of nitriles is 1. The number of sulfone groups is 1. The highest BCUT2D eigenvalue weighted by molar-refractivity contribution is 7.97. The normalized spacial score (nSPS) is 21.8. The Morgan fingerprint density at radius 1 is 1.12 bits per heavy atom. The maximum absolute atomic E-state index is 13.5. The zero-order chi connectivity index (χ0) is 35.1. The SMILES string of the molecule is CCCC(=O)OCOP(=O)(CS(=O)(=O)C[C@H]1O[C@@H](n2ccc3c(NC4CCCC4)c(C#N)c(Cl)nc32)[C@H](O)[C@@H]1O)OCOC(=O)CCC. The van der Waals surface area contributed by atoms with Crippen LogP contribution in [0.1, 0.15) is 77.0 Å². The summed E-state index contributed by atoms with van der Waals surface area (Å²) in [5.74, 6) is -2.28. The number of anilines is 1. The van der Waals surface area contributed by atoms with E-state index in [1.54, 1.807) is 19.9 Å². The molecular weight excluding hydrogens is 695 g/mol. The molecule has 48 heavy (non-hydrogen) atoms. The molecule has 2 aromatic heterocycles. The zero-order valence-electron chi connectivity index (χ0n) is 26.6. The zero-order valence-corrected chi connectivity index (χ0v) is 29.0. The highest BCUT2D eigenvalue weighted by Gasteiger charge is 2.47. The van der Waals surface area contributed by atoms with Gasteiger partial charge in [0, 0.05) is 30.5 Å². The molecule has 0 bridgehead atoms. The Morgan fingerprint density at radius 2 is 1.73 bits per heavy atom. The molecule has 19 heteroatoms. The minimum Gasteiger partial charge on any atom is -0.438 e. The van der Waals surface area contributed by atoms with E-state index in [4.69, 9.17) is 34.9 Å². The molecule has 4 rings (SSSR count). The van der Waals surface area contributed by atoms with E-state index in [0.717, 1.165) is 25.7 Å². The van der Waals surface area contributed by atoms with Gasteiger partial charge >= 0.3 is 19.5 Å². The number of halogens is 1. The molecule has 1 saturated carbocycles. The number of fused-ring (bicyclic) bond motifs is 1. The molecular formula is C29H40ClN4O12PS. The molecule has 0 unspecified atom stereocenters. The van der Waals surface area contributed by atoms with E-state index >= 15 is 0 Å². The quantitative estimate of drug-likeness (QED) is 0.0911. The van der Waals surface area contributed by atoms with Crippen molar-refractivity contribution in [2.75, 3.05) is 30.1 Å². The van der Waals surface area contributed by atoms with Crippen LogP contribution in [0.2, 0.25) is 5.15 Å². The van der Waals surface area contributed by atoms with Gasteiger partial charge in [0.05, 0.1) is 11.4 Å². The van der Waals surface area contributed by atoms with Crippen LogP contribution in [-0.2, 0) is 47.2 Å². The number of nitrogens with zero attached hydrogens (tertiary/aromatic N) is 3. The Balaban J connectivity index is 1.51. The second-order valence-electron chi connectivity index (χ2n) is 11.6. The monoisotopic (exact) mass is 734 g/mol. The van der Waals surface area contributed by atoms with Gasteiger partial charge in [-0.05, 0) is 31.7 Å². The summed E-state index contributed by atoms with van der Waals surface area (Å²) < 4.78 is 67.0. The fraction of sp³-hybridized carbons (Fsp3) is 0.655. The van der Waals surface area contributed by atoms with Gasteiger partial charge in [0.15, 0.2) is 26.7 Å². The first-order valence-corrected chi connectivity index (χ1v) is 19.5. The van der Waals surface area contributed by atoms with Crippen LogP contribution >= 0.6 is 19.2 Å². The third-order valence-corrected chi connectivity index (χ3v) is 12.8. The summed E-state index contributed by atoms with van der Waals surface area (Å²) in [4.78, 5) is 27.8. The van der Waals surface area contributed by atoms with Gasteiger partial charge in [-0.2, -0.15) is 5.26 Å². The van der Waals surface area contributed by atoms with E-state index in [9.17, 15) is 38.0 Å². The largest absolute Gasteiger partial charge is 0.438 e. The Hall–Kier alpha value is -2.81. The summed E-state index contributed by atoms with van der Waals surface area (Å²) in [6, 6.07) is 3.85. The maximum Gasteiger partial charge on any atom is 0.351 e. The molecule has 1 aliphatic heterocycles. The first kappa shape index (κ1) is 38.0. The molecule has 266 valence electrons. The van der Waals surface area contributed by atoms with Gasteiger partial charge in [-0.3, -0.25) is 23.2 Å². The Bertz CT molecular complexity index is 1630. The van der Waals surface area contributed by atoms with Crippen LogP contribution in [0.5, 0.6) is 0 Å². The second kappa shape index (κ2) is 16.7. The van der Waals surface area contributed by atoms with E-state index < -0.39 is 78.7 Å². The van der Waals surface area contributed by atoms with Crippen LogP contribution < -0.4 is 5.32 Å². The summed E-state index contributed by atoms with van der Waals surface area (Å²) in [6.45, 7) is 1.68. The van der Waals surface area contributed by atoms with Crippen LogP contribution in [0.25, 0.3) is 11.0 Å². The molecule has 3 N–H and O–H groups in total. The van der Waals surface area contributed by atoms with Gasteiger partial charge in [-0.15, -0.1) is 0 Å². The minimum absolute atomic E-state index is 0.0398. The Kier molecular flexibility index (Phi) is 13.2. The number of pyridine rings is 1. The van der Waals surface area contributed by atoms with Gasteiger partial charge in [-0.1, -0.05) is 38.3 Å². The van der Waals surface area contributed by atoms with Crippen molar-refractivity contribution in [2.45, 2.75) is 95.8 Å². The summed E-state index contributed by atoms with van der Waals surface area (Å²) in [7, 11) is -9.07. The van der Waals surface area contributed by atoms with Gasteiger partial charge in [0.2, 0.25) is 13.6 Å². The molecule has 0 amide bonds. The molecule has 2 aliphatic rings. The topological polar surface area (TPSA) is 226 Å². The van der Waals surface area contributed by atoms with Crippen molar-refractivity contribution < 1.29 is 56.0 Å². The van der Waals surface area contributed by atoms with E-state index in [1.165, 1.54) is 10.8 Å². The van der Waals surface area contributed by atoms with Crippen LogP contribution in [0.4, 0.5) is 5.69 Å². The molecule has 0 spiro atoms. The van der Waals surface area contributed by atoms with Crippen LogP contribution in [0.3, 0.4) is 0 Å². The summed E-state index contributed by atoms with van der Waals surface area (Å²) >= 11 is 6.39. The summed E-state index contributed by atoms with van der Waals surface area (Å²) in [5, 5.41) is 35.4. The number of hydrogen-bond donors (Lipinski definition) is 3. The average molecular weight is 735 g/mol. The average Bonchev–Trinajstić information content (AvgIpc) is 3.74. The third-order valence-electron chi connectivity index (χ3n) is 7.86.